The van der Waals surface area contributed by atoms with E-state index >= 15 is 0 Å². The summed E-state index contributed by atoms with van der Waals surface area (Å²) < 4.78 is 0. The number of hydrogen-bond donors (Lipinski definition) is 0. The lowest BCUT2D eigenvalue weighted by Gasteiger charge is -2.17. The average molecular weight is 343 g/mol. The van der Waals surface area contributed by atoms with Gasteiger partial charge in [-0.3, -0.25) is 0 Å². The fraction of sp³-hybridized carbons (Fsp3) is 0.308. The molecule has 3 aromatic carbocycles. The molecule has 0 nitrogen and oxygen atoms in total. The third kappa shape index (κ3) is 6.19. The first-order chi connectivity index (χ1) is 12.9. The largest absolute Gasteiger partial charge is 0.0622 e. The van der Waals surface area contributed by atoms with Crippen LogP contribution in [0.3, 0.4) is 0 Å². The standard InChI is InChI=1S/C26H30/c1-4-13-23(14-5-1)17-10-11-21-26(25-19-8-3-9-20-25)22-12-18-24-15-6-2-7-16-24/h1-9,13-16,19-20,26H,10-12,17-18,21-22H2. The van der Waals surface area contributed by atoms with Crippen molar-refractivity contribution in [2.24, 2.45) is 0 Å². The molecule has 0 saturated heterocycles. The second-order valence-corrected chi connectivity index (χ2v) is 7.22. The van der Waals surface area contributed by atoms with Crippen molar-refractivity contribution < 1.29 is 0 Å². The Labute approximate surface area is 158 Å². The van der Waals surface area contributed by atoms with Gasteiger partial charge in [0.2, 0.25) is 0 Å². The first kappa shape index (κ1) is 18.5. The zero-order chi connectivity index (χ0) is 17.9. The molecule has 0 aliphatic carbocycles. The molecule has 0 fully saturated rings. The molecule has 0 spiro atoms. The molecule has 0 aliphatic rings. The number of unbranched alkanes of at least 4 members (excludes halogenated alkanes) is 1. The Bertz CT molecular complexity index is 716. The summed E-state index contributed by atoms with van der Waals surface area (Å²) in [6.45, 7) is 0. The van der Waals surface area contributed by atoms with Crippen LogP contribution in [0.4, 0.5) is 0 Å². The van der Waals surface area contributed by atoms with Crippen molar-refractivity contribution in [3.05, 3.63) is 108 Å². The molecule has 3 aromatic rings. The van der Waals surface area contributed by atoms with Crippen LogP contribution in [0.25, 0.3) is 0 Å². The molecule has 0 heteroatoms. The highest BCUT2D eigenvalue weighted by molar-refractivity contribution is 5.20. The zero-order valence-electron chi connectivity index (χ0n) is 15.7. The van der Waals surface area contributed by atoms with Gasteiger partial charge in [0.25, 0.3) is 0 Å². The monoisotopic (exact) mass is 342 g/mol. The summed E-state index contributed by atoms with van der Waals surface area (Å²) in [5.74, 6) is 0.690. The van der Waals surface area contributed by atoms with Gasteiger partial charge >= 0.3 is 0 Å². The van der Waals surface area contributed by atoms with E-state index in [4.69, 9.17) is 0 Å². The van der Waals surface area contributed by atoms with Crippen LogP contribution in [-0.2, 0) is 12.8 Å². The molecule has 0 N–H and O–H groups in total. The SMILES string of the molecule is c1ccc(CCCCC(CCCc2ccccc2)c2ccccc2)cc1. The van der Waals surface area contributed by atoms with Gasteiger partial charge in [-0.1, -0.05) is 97.4 Å². The van der Waals surface area contributed by atoms with Gasteiger partial charge in [-0.2, -0.15) is 0 Å². The molecule has 3 rings (SSSR count). The summed E-state index contributed by atoms with van der Waals surface area (Å²) in [5, 5.41) is 0. The number of rotatable bonds is 10. The minimum absolute atomic E-state index is 0.690. The molecule has 0 saturated carbocycles. The van der Waals surface area contributed by atoms with Gasteiger partial charge in [0, 0.05) is 0 Å². The van der Waals surface area contributed by atoms with Crippen LogP contribution in [0.5, 0.6) is 0 Å². The summed E-state index contributed by atoms with van der Waals surface area (Å²) in [5.41, 5.74) is 4.44. The molecule has 1 atom stereocenters. The summed E-state index contributed by atoms with van der Waals surface area (Å²) >= 11 is 0. The van der Waals surface area contributed by atoms with Gasteiger partial charge in [0.1, 0.15) is 0 Å². The fourth-order valence-corrected chi connectivity index (χ4v) is 3.76. The lowest BCUT2D eigenvalue weighted by molar-refractivity contribution is 0.521. The second kappa shape index (κ2) is 10.6. The highest BCUT2D eigenvalue weighted by atomic mass is 14.2. The Morgan fingerprint density at radius 3 is 1.50 bits per heavy atom. The highest BCUT2D eigenvalue weighted by Gasteiger charge is 2.11. The maximum Gasteiger partial charge on any atom is -0.0162 e. The summed E-state index contributed by atoms with van der Waals surface area (Å²) in [6.07, 6.45) is 8.82. The van der Waals surface area contributed by atoms with Crippen LogP contribution < -0.4 is 0 Å². The molecule has 0 aliphatic heterocycles. The van der Waals surface area contributed by atoms with E-state index in [1.54, 1.807) is 0 Å². The molecule has 0 amide bonds. The van der Waals surface area contributed by atoms with Crippen molar-refractivity contribution in [3.8, 4) is 0 Å². The lowest BCUT2D eigenvalue weighted by atomic mass is 9.88. The van der Waals surface area contributed by atoms with E-state index < -0.39 is 0 Å². The quantitative estimate of drug-likeness (QED) is 0.342. The number of aryl methyl sites for hydroxylation is 2. The van der Waals surface area contributed by atoms with Crippen molar-refractivity contribution in [2.75, 3.05) is 0 Å². The molecule has 26 heavy (non-hydrogen) atoms. The third-order valence-corrected chi connectivity index (χ3v) is 5.24. The first-order valence-corrected chi connectivity index (χ1v) is 10.0. The third-order valence-electron chi connectivity index (χ3n) is 5.24. The summed E-state index contributed by atoms with van der Waals surface area (Å²) in [7, 11) is 0. The molecule has 134 valence electrons. The van der Waals surface area contributed by atoms with Crippen LogP contribution in [0.2, 0.25) is 0 Å². The topological polar surface area (TPSA) is 0 Å². The minimum Gasteiger partial charge on any atom is -0.0622 e. The van der Waals surface area contributed by atoms with Gasteiger partial charge in [-0.05, 0) is 61.1 Å². The van der Waals surface area contributed by atoms with Crippen LogP contribution in [0, 0.1) is 0 Å². The van der Waals surface area contributed by atoms with E-state index in [9.17, 15) is 0 Å². The first-order valence-electron chi connectivity index (χ1n) is 10.0. The van der Waals surface area contributed by atoms with E-state index in [-0.39, 0.29) is 0 Å². The Hall–Kier alpha value is -2.34. The number of hydrogen-bond acceptors (Lipinski definition) is 0. The molecule has 0 aromatic heterocycles. The van der Waals surface area contributed by atoms with Crippen LogP contribution >= 0.6 is 0 Å². The predicted octanol–water partition coefficient (Wildman–Crippen LogP) is 7.21. The Morgan fingerprint density at radius 2 is 0.923 bits per heavy atom. The smallest absolute Gasteiger partial charge is 0.0162 e. The Balaban J connectivity index is 1.48. The lowest BCUT2D eigenvalue weighted by Crippen LogP contribution is -2.01. The molecule has 0 heterocycles. The van der Waals surface area contributed by atoms with Crippen molar-refractivity contribution in [2.45, 2.75) is 50.9 Å². The van der Waals surface area contributed by atoms with Gasteiger partial charge in [-0.15, -0.1) is 0 Å². The molecular formula is C26H30. The Morgan fingerprint density at radius 1 is 0.462 bits per heavy atom. The van der Waals surface area contributed by atoms with E-state index in [1.807, 2.05) is 0 Å². The van der Waals surface area contributed by atoms with E-state index in [1.165, 1.54) is 61.6 Å². The normalized spacial score (nSPS) is 12.0. The van der Waals surface area contributed by atoms with Crippen LogP contribution in [-0.4, -0.2) is 0 Å². The maximum absolute atomic E-state index is 2.31. The number of benzene rings is 3. The van der Waals surface area contributed by atoms with Gasteiger partial charge < -0.3 is 0 Å². The van der Waals surface area contributed by atoms with Crippen molar-refractivity contribution >= 4 is 0 Å². The Kier molecular flexibility index (Phi) is 7.53. The van der Waals surface area contributed by atoms with E-state index in [2.05, 4.69) is 91.0 Å². The van der Waals surface area contributed by atoms with E-state index in [0.717, 1.165) is 0 Å². The zero-order valence-corrected chi connectivity index (χ0v) is 15.7. The van der Waals surface area contributed by atoms with Gasteiger partial charge in [0.15, 0.2) is 0 Å². The molecule has 0 radical (unpaired) electrons. The van der Waals surface area contributed by atoms with Gasteiger partial charge in [0.05, 0.1) is 0 Å². The predicted molar refractivity (Wildman–Crippen MR) is 113 cm³/mol. The van der Waals surface area contributed by atoms with Crippen molar-refractivity contribution in [1.82, 2.24) is 0 Å². The second-order valence-electron chi connectivity index (χ2n) is 7.22. The minimum atomic E-state index is 0.690. The summed E-state index contributed by atoms with van der Waals surface area (Å²) in [6, 6.07) is 32.9. The summed E-state index contributed by atoms with van der Waals surface area (Å²) in [4.78, 5) is 0. The fourth-order valence-electron chi connectivity index (χ4n) is 3.76. The van der Waals surface area contributed by atoms with E-state index in [0.29, 0.717) is 5.92 Å². The molecule has 1 unspecified atom stereocenters. The highest BCUT2D eigenvalue weighted by Crippen LogP contribution is 2.28. The maximum atomic E-state index is 2.31. The van der Waals surface area contributed by atoms with Crippen molar-refractivity contribution in [3.63, 3.8) is 0 Å². The van der Waals surface area contributed by atoms with Crippen LogP contribution in [0.15, 0.2) is 91.0 Å². The van der Waals surface area contributed by atoms with Crippen molar-refractivity contribution in [1.29, 1.82) is 0 Å². The van der Waals surface area contributed by atoms with Gasteiger partial charge in [-0.25, -0.2) is 0 Å². The molecule has 0 bridgehead atoms. The average Bonchev–Trinajstić information content (AvgIpc) is 2.72. The molecular weight excluding hydrogens is 312 g/mol. The van der Waals surface area contributed by atoms with Crippen LogP contribution in [0.1, 0.15) is 54.7 Å².